The third-order valence-electron chi connectivity index (χ3n) is 6.96. The Morgan fingerprint density at radius 1 is 0.825 bits per heavy atom. The molecule has 1 atom stereocenters. The standard InChI is InChI=1S/C32H27N3O4S/c1-38-27-17-9-3-11-21(27)19-29-31(37)35(32(40-29)24-14-6-10-18-28(24)39-2)33-30(36)20-34-25-15-7-4-12-22(25)23-13-5-8-16-26(23)34/h3-19,32H,20H2,1-2H3,(H,33,36)/b29-19+. The van der Waals surface area contributed by atoms with Crippen LogP contribution in [0.2, 0.25) is 0 Å². The van der Waals surface area contributed by atoms with E-state index in [4.69, 9.17) is 9.47 Å². The van der Waals surface area contributed by atoms with Gasteiger partial charge in [-0.25, -0.2) is 5.01 Å². The Hall–Kier alpha value is -4.69. The number of thioether (sulfide) groups is 1. The molecule has 0 aliphatic carbocycles. The van der Waals surface area contributed by atoms with E-state index in [0.717, 1.165) is 32.9 Å². The Labute approximate surface area is 236 Å². The summed E-state index contributed by atoms with van der Waals surface area (Å²) in [5.74, 6) is 0.681. The van der Waals surface area contributed by atoms with Crippen molar-refractivity contribution < 1.29 is 19.1 Å². The average Bonchev–Trinajstić information content (AvgIpc) is 3.47. The van der Waals surface area contributed by atoms with E-state index >= 15 is 0 Å². The molecule has 0 spiro atoms. The molecule has 2 amide bonds. The first-order valence-corrected chi connectivity index (χ1v) is 13.7. The second kappa shape index (κ2) is 10.8. The monoisotopic (exact) mass is 549 g/mol. The van der Waals surface area contributed by atoms with Gasteiger partial charge in [-0.15, -0.1) is 0 Å². The fraction of sp³-hybridized carbons (Fsp3) is 0.125. The molecule has 6 rings (SSSR count). The van der Waals surface area contributed by atoms with Gasteiger partial charge in [-0.2, -0.15) is 0 Å². The van der Waals surface area contributed by atoms with Crippen molar-refractivity contribution in [2.24, 2.45) is 0 Å². The maximum Gasteiger partial charge on any atom is 0.280 e. The van der Waals surface area contributed by atoms with E-state index in [9.17, 15) is 9.59 Å². The number of aromatic nitrogens is 1. The Balaban J connectivity index is 1.36. The number of nitrogens with one attached hydrogen (secondary N) is 1. The lowest BCUT2D eigenvalue weighted by atomic mass is 10.1. The van der Waals surface area contributed by atoms with Crippen LogP contribution in [0.3, 0.4) is 0 Å². The summed E-state index contributed by atoms with van der Waals surface area (Å²) < 4.78 is 13.1. The second-order valence-corrected chi connectivity index (χ2v) is 10.4. The van der Waals surface area contributed by atoms with Gasteiger partial charge >= 0.3 is 0 Å². The normalized spacial score (nSPS) is 16.1. The first-order valence-electron chi connectivity index (χ1n) is 12.8. The number of carbonyl (C=O) groups is 2. The van der Waals surface area contributed by atoms with Crippen LogP contribution in [0, 0.1) is 0 Å². The zero-order chi connectivity index (χ0) is 27.6. The van der Waals surface area contributed by atoms with Crippen molar-refractivity contribution in [2.75, 3.05) is 14.2 Å². The van der Waals surface area contributed by atoms with E-state index in [1.165, 1.54) is 16.8 Å². The SMILES string of the molecule is COc1ccccc1/C=C1/SC(c2ccccc2OC)N(NC(=O)Cn2c3ccccc3c3ccccc32)C1=O. The maximum atomic E-state index is 13.8. The molecular formula is C32H27N3O4S. The summed E-state index contributed by atoms with van der Waals surface area (Å²) >= 11 is 1.36. The molecule has 4 aromatic carbocycles. The largest absolute Gasteiger partial charge is 0.496 e. The van der Waals surface area contributed by atoms with Crippen LogP contribution in [0.4, 0.5) is 0 Å². The van der Waals surface area contributed by atoms with Gasteiger partial charge in [0.2, 0.25) is 0 Å². The smallest absolute Gasteiger partial charge is 0.280 e. The van der Waals surface area contributed by atoms with Crippen LogP contribution in [0.1, 0.15) is 16.5 Å². The zero-order valence-corrected chi connectivity index (χ0v) is 22.9. The number of hydrogen-bond donors (Lipinski definition) is 1. The average molecular weight is 550 g/mol. The molecule has 7 nitrogen and oxygen atoms in total. The van der Waals surface area contributed by atoms with Gasteiger partial charge in [0.15, 0.2) is 0 Å². The van der Waals surface area contributed by atoms with Gasteiger partial charge in [0.1, 0.15) is 23.4 Å². The zero-order valence-electron chi connectivity index (χ0n) is 22.0. The highest BCUT2D eigenvalue weighted by Gasteiger charge is 2.40. The second-order valence-electron chi connectivity index (χ2n) is 9.29. The lowest BCUT2D eigenvalue weighted by Gasteiger charge is -2.25. The van der Waals surface area contributed by atoms with Gasteiger partial charge in [-0.3, -0.25) is 15.0 Å². The molecule has 0 bridgehead atoms. The minimum atomic E-state index is -0.522. The summed E-state index contributed by atoms with van der Waals surface area (Å²) in [7, 11) is 3.19. The molecule has 1 unspecified atom stereocenters. The third-order valence-corrected chi connectivity index (χ3v) is 8.19. The van der Waals surface area contributed by atoms with Crippen molar-refractivity contribution in [3.05, 3.63) is 113 Å². The summed E-state index contributed by atoms with van der Waals surface area (Å²) in [6.45, 7) is 0.0483. The van der Waals surface area contributed by atoms with E-state index < -0.39 is 5.37 Å². The van der Waals surface area contributed by atoms with Crippen LogP contribution >= 0.6 is 11.8 Å². The van der Waals surface area contributed by atoms with Crippen molar-refractivity contribution >= 4 is 51.5 Å². The number of methoxy groups -OCH3 is 2. The summed E-state index contributed by atoms with van der Waals surface area (Å²) in [4.78, 5) is 27.9. The van der Waals surface area contributed by atoms with E-state index in [0.29, 0.717) is 16.4 Å². The van der Waals surface area contributed by atoms with Crippen LogP contribution in [0.15, 0.2) is 102 Å². The van der Waals surface area contributed by atoms with Crippen LogP contribution < -0.4 is 14.9 Å². The van der Waals surface area contributed by atoms with Crippen molar-refractivity contribution in [3.63, 3.8) is 0 Å². The van der Waals surface area contributed by atoms with Crippen molar-refractivity contribution in [2.45, 2.75) is 11.9 Å². The lowest BCUT2D eigenvalue weighted by molar-refractivity contribution is -0.138. The number of hydrogen-bond acceptors (Lipinski definition) is 5. The van der Waals surface area contributed by atoms with E-state index in [1.54, 1.807) is 20.3 Å². The topological polar surface area (TPSA) is 72.8 Å². The van der Waals surface area contributed by atoms with E-state index in [-0.39, 0.29) is 18.4 Å². The summed E-state index contributed by atoms with van der Waals surface area (Å²) in [5.41, 5.74) is 6.39. The molecule has 1 saturated heterocycles. The molecule has 1 aliphatic heterocycles. The first kappa shape index (κ1) is 25.6. The van der Waals surface area contributed by atoms with Gasteiger partial charge in [-0.1, -0.05) is 84.6 Å². The highest BCUT2D eigenvalue weighted by Crippen LogP contribution is 2.48. The fourth-order valence-electron chi connectivity index (χ4n) is 5.14. The molecule has 200 valence electrons. The fourth-order valence-corrected chi connectivity index (χ4v) is 6.35. The molecule has 0 radical (unpaired) electrons. The minimum Gasteiger partial charge on any atom is -0.496 e. The number of carbonyl (C=O) groups excluding carboxylic acids is 2. The predicted molar refractivity (Wildman–Crippen MR) is 159 cm³/mol. The van der Waals surface area contributed by atoms with Crippen LogP contribution in [-0.2, 0) is 16.1 Å². The molecule has 0 saturated carbocycles. The number of fused-ring (bicyclic) bond motifs is 3. The number of ether oxygens (including phenoxy) is 2. The molecule has 1 fully saturated rings. The summed E-state index contributed by atoms with van der Waals surface area (Å²) in [6.07, 6.45) is 1.80. The van der Waals surface area contributed by atoms with Gasteiger partial charge < -0.3 is 14.0 Å². The molecule has 1 aliphatic rings. The maximum absolute atomic E-state index is 13.8. The molecule has 40 heavy (non-hydrogen) atoms. The summed E-state index contributed by atoms with van der Waals surface area (Å²) in [6, 6.07) is 31.1. The van der Waals surface area contributed by atoms with Gasteiger partial charge in [0.25, 0.3) is 11.8 Å². The Morgan fingerprint density at radius 2 is 1.40 bits per heavy atom. The predicted octanol–water partition coefficient (Wildman–Crippen LogP) is 6.16. The third kappa shape index (κ3) is 4.56. The molecule has 8 heteroatoms. The number of rotatable bonds is 7. The quantitative estimate of drug-likeness (QED) is 0.246. The van der Waals surface area contributed by atoms with Gasteiger partial charge in [0, 0.05) is 32.9 Å². The lowest BCUT2D eigenvalue weighted by Crippen LogP contribution is -2.45. The molecule has 2 heterocycles. The molecule has 5 aromatic rings. The highest BCUT2D eigenvalue weighted by atomic mass is 32.2. The van der Waals surface area contributed by atoms with Gasteiger partial charge in [-0.05, 0) is 30.3 Å². The number of benzene rings is 4. The number of amides is 2. The Morgan fingerprint density at radius 3 is 2.08 bits per heavy atom. The van der Waals surface area contributed by atoms with E-state index in [1.807, 2.05) is 89.5 Å². The minimum absolute atomic E-state index is 0.0483. The first-order chi connectivity index (χ1) is 19.6. The van der Waals surface area contributed by atoms with Crippen LogP contribution in [-0.4, -0.2) is 35.6 Å². The van der Waals surface area contributed by atoms with Crippen molar-refractivity contribution in [1.29, 1.82) is 0 Å². The van der Waals surface area contributed by atoms with Crippen molar-refractivity contribution in [1.82, 2.24) is 15.0 Å². The van der Waals surface area contributed by atoms with Crippen LogP contribution in [0.25, 0.3) is 27.9 Å². The number of nitrogens with zero attached hydrogens (tertiary/aromatic N) is 2. The Bertz CT molecular complexity index is 1720. The van der Waals surface area contributed by atoms with Gasteiger partial charge in [0.05, 0.1) is 19.1 Å². The molecule has 1 aromatic heterocycles. The molecule has 1 N–H and O–H groups in total. The Kier molecular flexibility index (Phi) is 6.92. The summed E-state index contributed by atoms with van der Waals surface area (Å²) in [5, 5.41) is 3.03. The van der Waals surface area contributed by atoms with Crippen molar-refractivity contribution in [3.8, 4) is 11.5 Å². The number of hydrazine groups is 1. The van der Waals surface area contributed by atoms with Crippen LogP contribution in [0.5, 0.6) is 11.5 Å². The molecular weight excluding hydrogens is 522 g/mol. The number of para-hydroxylation sites is 4. The van der Waals surface area contributed by atoms with E-state index in [2.05, 4.69) is 17.6 Å². The highest BCUT2D eigenvalue weighted by molar-refractivity contribution is 8.04.